The molecule has 0 fully saturated rings. The molecule has 2 aromatic rings. The minimum Gasteiger partial charge on any atom is -0.484 e. The van der Waals surface area contributed by atoms with Crippen LogP contribution < -0.4 is 15.6 Å². The van der Waals surface area contributed by atoms with Gasteiger partial charge in [0.05, 0.1) is 0 Å². The highest BCUT2D eigenvalue weighted by Crippen LogP contribution is 2.15. The van der Waals surface area contributed by atoms with Gasteiger partial charge in [-0.15, -0.1) is 0 Å². The summed E-state index contributed by atoms with van der Waals surface area (Å²) in [4.78, 5) is 27.6. The number of aromatic nitrogens is 2. The quantitative estimate of drug-likeness (QED) is 0.598. The number of hydrogen-bond donors (Lipinski definition) is 2. The molecule has 0 aliphatic rings. The number of nitrogens with zero attached hydrogens (tertiary/aromatic N) is 2. The largest absolute Gasteiger partial charge is 0.484 e. The van der Waals surface area contributed by atoms with E-state index in [9.17, 15) is 9.59 Å². The zero-order chi connectivity index (χ0) is 18.8. The van der Waals surface area contributed by atoms with Gasteiger partial charge < -0.3 is 9.26 Å². The third kappa shape index (κ3) is 7.22. The van der Waals surface area contributed by atoms with Crippen LogP contribution in [0.2, 0.25) is 0 Å². The van der Waals surface area contributed by atoms with Crippen LogP contribution >= 0.6 is 15.9 Å². The third-order valence-corrected chi connectivity index (χ3v) is 3.83. The minimum absolute atomic E-state index is 0.190. The van der Waals surface area contributed by atoms with Gasteiger partial charge in [0.15, 0.2) is 12.4 Å². The number of aryl methyl sites for hydroxylation is 2. The first-order valence-electron chi connectivity index (χ1n) is 8.34. The average molecular weight is 425 g/mol. The molecule has 0 bridgehead atoms. The summed E-state index contributed by atoms with van der Waals surface area (Å²) < 4.78 is 11.3. The van der Waals surface area contributed by atoms with Crippen molar-refractivity contribution in [3.05, 3.63) is 40.5 Å². The van der Waals surface area contributed by atoms with Gasteiger partial charge in [0.25, 0.3) is 5.91 Å². The molecule has 0 atom stereocenters. The normalized spacial score (nSPS) is 10.4. The lowest BCUT2D eigenvalue weighted by Gasteiger charge is -2.08. The second kappa shape index (κ2) is 10.5. The fraction of sp³-hybridized carbons (Fsp3) is 0.412. The van der Waals surface area contributed by atoms with Crippen molar-refractivity contribution >= 4 is 27.7 Å². The van der Waals surface area contributed by atoms with Gasteiger partial charge in [0.2, 0.25) is 11.8 Å². The molecule has 0 spiro atoms. The van der Waals surface area contributed by atoms with Crippen molar-refractivity contribution in [1.29, 1.82) is 0 Å². The number of hydrazine groups is 1. The van der Waals surface area contributed by atoms with Crippen molar-refractivity contribution in [1.82, 2.24) is 21.0 Å². The Kier molecular flexibility index (Phi) is 8.07. The summed E-state index contributed by atoms with van der Waals surface area (Å²) in [6.07, 6.45) is 3.03. The molecule has 26 heavy (non-hydrogen) atoms. The van der Waals surface area contributed by atoms with E-state index in [0.29, 0.717) is 30.3 Å². The number of ether oxygens (including phenoxy) is 1. The predicted molar refractivity (Wildman–Crippen MR) is 97.2 cm³/mol. The Morgan fingerprint density at radius 3 is 2.62 bits per heavy atom. The summed E-state index contributed by atoms with van der Waals surface area (Å²) in [6.45, 7) is 1.85. The molecular weight excluding hydrogens is 404 g/mol. The molecule has 1 heterocycles. The van der Waals surface area contributed by atoms with Crippen molar-refractivity contribution in [2.75, 3.05) is 6.61 Å². The van der Waals surface area contributed by atoms with Crippen molar-refractivity contribution < 1.29 is 18.8 Å². The molecule has 140 valence electrons. The molecule has 0 saturated carbocycles. The lowest BCUT2D eigenvalue weighted by molar-refractivity contribution is -0.130. The Balaban J connectivity index is 1.58. The van der Waals surface area contributed by atoms with Gasteiger partial charge in [-0.1, -0.05) is 28.0 Å². The number of hydrogen-bond acceptors (Lipinski definition) is 6. The van der Waals surface area contributed by atoms with Crippen LogP contribution in [0, 0.1) is 0 Å². The van der Waals surface area contributed by atoms with Crippen LogP contribution in [-0.2, 0) is 22.4 Å². The molecule has 2 N–H and O–H groups in total. The Hall–Kier alpha value is -2.42. The smallest absolute Gasteiger partial charge is 0.276 e. The molecule has 0 aliphatic carbocycles. The van der Waals surface area contributed by atoms with E-state index in [0.717, 1.165) is 17.3 Å². The third-order valence-electron chi connectivity index (χ3n) is 3.30. The monoisotopic (exact) mass is 424 g/mol. The first kappa shape index (κ1) is 19.9. The predicted octanol–water partition coefficient (Wildman–Crippen LogP) is 2.33. The van der Waals surface area contributed by atoms with E-state index in [4.69, 9.17) is 9.26 Å². The maximum absolute atomic E-state index is 11.7. The van der Waals surface area contributed by atoms with Gasteiger partial charge >= 0.3 is 0 Å². The van der Waals surface area contributed by atoms with Crippen molar-refractivity contribution in [3.8, 4) is 5.75 Å². The Labute approximate surface area is 159 Å². The van der Waals surface area contributed by atoms with Crippen LogP contribution in [0.3, 0.4) is 0 Å². The highest BCUT2D eigenvalue weighted by atomic mass is 79.9. The molecule has 0 aliphatic heterocycles. The Bertz CT molecular complexity index is 718. The van der Waals surface area contributed by atoms with Gasteiger partial charge in [-0.2, -0.15) is 4.98 Å². The van der Waals surface area contributed by atoms with Crippen LogP contribution in [0.15, 0.2) is 33.3 Å². The lowest BCUT2D eigenvalue weighted by Crippen LogP contribution is -2.43. The van der Waals surface area contributed by atoms with Crippen LogP contribution in [0.25, 0.3) is 0 Å². The van der Waals surface area contributed by atoms with Crippen LogP contribution in [-0.4, -0.2) is 28.6 Å². The number of rotatable bonds is 9. The van der Waals surface area contributed by atoms with Crippen molar-refractivity contribution in [2.45, 2.75) is 39.0 Å². The fourth-order valence-electron chi connectivity index (χ4n) is 2.03. The summed E-state index contributed by atoms with van der Waals surface area (Å²) in [5, 5.41) is 3.85. The van der Waals surface area contributed by atoms with Gasteiger partial charge in [-0.05, 0) is 37.1 Å². The molecular formula is C17H21BrN4O4. The van der Waals surface area contributed by atoms with Gasteiger partial charge in [0.1, 0.15) is 5.75 Å². The zero-order valence-electron chi connectivity index (χ0n) is 14.5. The first-order chi connectivity index (χ1) is 12.6. The van der Waals surface area contributed by atoms with Crippen LogP contribution in [0.4, 0.5) is 0 Å². The van der Waals surface area contributed by atoms with Crippen molar-refractivity contribution in [3.63, 3.8) is 0 Å². The molecule has 1 aromatic heterocycles. The number of halogens is 1. The number of nitrogens with one attached hydrogen (secondary N) is 2. The summed E-state index contributed by atoms with van der Waals surface area (Å²) >= 11 is 3.31. The van der Waals surface area contributed by atoms with Crippen molar-refractivity contribution in [2.24, 2.45) is 0 Å². The van der Waals surface area contributed by atoms with E-state index < -0.39 is 5.91 Å². The van der Waals surface area contributed by atoms with E-state index in [-0.39, 0.29) is 18.9 Å². The van der Waals surface area contributed by atoms with Gasteiger partial charge in [-0.25, -0.2) is 0 Å². The summed E-state index contributed by atoms with van der Waals surface area (Å²) in [5.41, 5.74) is 4.66. The lowest BCUT2D eigenvalue weighted by atomic mass is 10.2. The maximum Gasteiger partial charge on any atom is 0.276 e. The van der Waals surface area contributed by atoms with E-state index in [1.54, 1.807) is 12.1 Å². The van der Waals surface area contributed by atoms with E-state index in [1.165, 1.54) is 0 Å². The Morgan fingerprint density at radius 2 is 1.88 bits per heavy atom. The van der Waals surface area contributed by atoms with Gasteiger partial charge in [-0.3, -0.25) is 20.4 Å². The molecule has 2 amide bonds. The molecule has 0 unspecified atom stereocenters. The van der Waals surface area contributed by atoms with E-state index in [2.05, 4.69) is 36.9 Å². The molecule has 8 nitrogen and oxygen atoms in total. The van der Waals surface area contributed by atoms with E-state index >= 15 is 0 Å². The van der Waals surface area contributed by atoms with Crippen LogP contribution in [0.1, 0.15) is 37.9 Å². The van der Waals surface area contributed by atoms with Gasteiger partial charge in [0, 0.05) is 23.7 Å². The highest BCUT2D eigenvalue weighted by Gasteiger charge is 2.09. The number of carbonyl (C=O) groups excluding carboxylic acids is 2. The molecule has 2 rings (SSSR count). The van der Waals surface area contributed by atoms with E-state index in [1.807, 2.05) is 19.1 Å². The summed E-state index contributed by atoms with van der Waals surface area (Å²) in [7, 11) is 0. The van der Waals surface area contributed by atoms with Crippen LogP contribution in [0.5, 0.6) is 5.75 Å². The number of carbonyl (C=O) groups is 2. The molecule has 0 radical (unpaired) electrons. The minimum atomic E-state index is -0.442. The standard InChI is InChI=1S/C17H21BrN4O4/c1-2-4-14-19-17(26-22-14)6-3-5-15(23)20-21-16(24)11-25-13-9-7-12(18)8-10-13/h7-10H,2-6,11H2,1H3,(H,20,23)(H,21,24). The average Bonchev–Trinajstić information content (AvgIpc) is 3.07. The summed E-state index contributed by atoms with van der Waals surface area (Å²) in [6, 6.07) is 7.09. The maximum atomic E-state index is 11.7. The summed E-state index contributed by atoms with van der Waals surface area (Å²) in [5.74, 6) is 1.03. The topological polar surface area (TPSA) is 106 Å². The number of benzene rings is 1. The number of amides is 2. The molecule has 9 heteroatoms. The second-order valence-electron chi connectivity index (χ2n) is 5.55. The molecule has 0 saturated heterocycles. The SMILES string of the molecule is CCCc1noc(CCCC(=O)NNC(=O)COc2ccc(Br)cc2)n1. The molecule has 1 aromatic carbocycles. The fourth-order valence-corrected chi connectivity index (χ4v) is 2.30. The second-order valence-corrected chi connectivity index (χ2v) is 6.46. The zero-order valence-corrected chi connectivity index (χ0v) is 16.0. The Morgan fingerprint density at radius 1 is 1.15 bits per heavy atom. The first-order valence-corrected chi connectivity index (χ1v) is 9.13. The highest BCUT2D eigenvalue weighted by molar-refractivity contribution is 9.10.